The molecule has 2 aromatic carbocycles. The summed E-state index contributed by atoms with van der Waals surface area (Å²) in [5.41, 5.74) is 0.312. The lowest BCUT2D eigenvalue weighted by atomic mass is 10.2. The molecular weight excluding hydrogens is 316 g/mol. The molecule has 0 radical (unpaired) electrons. The third kappa shape index (κ3) is 3.62. The van der Waals surface area contributed by atoms with Crippen molar-refractivity contribution in [3.05, 3.63) is 66.1 Å². The van der Waals surface area contributed by atoms with E-state index < -0.39 is 11.6 Å². The van der Waals surface area contributed by atoms with Crippen molar-refractivity contribution in [2.45, 2.75) is 12.8 Å². The Bertz CT molecular complexity index is 864. The van der Waals surface area contributed by atoms with Crippen LogP contribution in [0, 0.1) is 11.6 Å². The number of hydrogen-bond donors (Lipinski definition) is 1. The van der Waals surface area contributed by atoms with Crippen molar-refractivity contribution in [3.63, 3.8) is 0 Å². The Kier molecular flexibility index (Phi) is 4.60. The zero-order valence-corrected chi connectivity index (χ0v) is 12.5. The van der Waals surface area contributed by atoms with Crippen LogP contribution in [-0.2, 0) is 11.2 Å². The van der Waals surface area contributed by atoms with Gasteiger partial charge in [-0.1, -0.05) is 24.3 Å². The lowest BCUT2D eigenvalue weighted by molar-refractivity contribution is -0.116. The second-order valence-electron chi connectivity index (χ2n) is 5.01. The first-order valence-electron chi connectivity index (χ1n) is 7.25. The highest BCUT2D eigenvalue weighted by atomic mass is 19.1. The molecule has 0 bridgehead atoms. The van der Waals surface area contributed by atoms with Crippen molar-refractivity contribution in [3.8, 4) is 11.5 Å². The molecule has 0 saturated carbocycles. The maximum Gasteiger partial charge on any atom is 0.250 e. The largest absolute Gasteiger partial charge is 0.421 e. The summed E-state index contributed by atoms with van der Waals surface area (Å²) in [4.78, 5) is 11.8. The number of hydrogen-bond acceptors (Lipinski definition) is 4. The van der Waals surface area contributed by atoms with E-state index in [1.54, 1.807) is 18.2 Å². The van der Waals surface area contributed by atoms with Crippen LogP contribution in [0.1, 0.15) is 12.3 Å². The van der Waals surface area contributed by atoms with Gasteiger partial charge in [-0.05, 0) is 24.3 Å². The molecule has 0 aliphatic carbocycles. The minimum atomic E-state index is -0.509. The Morgan fingerprint density at radius 1 is 1.00 bits per heavy atom. The van der Waals surface area contributed by atoms with E-state index in [1.807, 2.05) is 0 Å². The Labute approximate surface area is 136 Å². The topological polar surface area (TPSA) is 68.0 Å². The van der Waals surface area contributed by atoms with Crippen molar-refractivity contribution in [1.29, 1.82) is 0 Å². The highest BCUT2D eigenvalue weighted by Gasteiger charge is 2.14. The molecule has 1 amide bonds. The fraction of sp³-hybridized carbons (Fsp3) is 0.118. The highest BCUT2D eigenvalue weighted by Crippen LogP contribution is 2.21. The van der Waals surface area contributed by atoms with Gasteiger partial charge in [-0.15, -0.1) is 10.2 Å². The molecule has 1 N–H and O–H groups in total. The molecule has 7 heteroatoms. The molecule has 122 valence electrons. The van der Waals surface area contributed by atoms with Gasteiger partial charge in [0.15, 0.2) is 0 Å². The predicted octanol–water partition coefficient (Wildman–Crippen LogP) is 3.59. The van der Waals surface area contributed by atoms with Gasteiger partial charge in [0.05, 0.1) is 11.3 Å². The monoisotopic (exact) mass is 329 g/mol. The number of para-hydroxylation sites is 1. The van der Waals surface area contributed by atoms with Crippen molar-refractivity contribution in [2.24, 2.45) is 0 Å². The number of nitrogens with zero attached hydrogens (tertiary/aromatic N) is 2. The summed E-state index contributed by atoms with van der Waals surface area (Å²) in [6.45, 7) is 0. The Hall–Kier alpha value is -3.09. The number of rotatable bonds is 5. The second-order valence-corrected chi connectivity index (χ2v) is 5.01. The van der Waals surface area contributed by atoms with Gasteiger partial charge in [0, 0.05) is 12.8 Å². The maximum absolute atomic E-state index is 13.7. The molecule has 3 rings (SSSR count). The fourth-order valence-electron chi connectivity index (χ4n) is 2.09. The first-order chi connectivity index (χ1) is 11.6. The van der Waals surface area contributed by atoms with Gasteiger partial charge >= 0.3 is 0 Å². The molecule has 0 saturated heterocycles. The van der Waals surface area contributed by atoms with Crippen LogP contribution in [0.5, 0.6) is 0 Å². The molecule has 0 fully saturated rings. The highest BCUT2D eigenvalue weighted by molar-refractivity contribution is 5.90. The van der Waals surface area contributed by atoms with Crippen LogP contribution in [-0.4, -0.2) is 16.1 Å². The molecular formula is C17H13F2N3O2. The van der Waals surface area contributed by atoms with Gasteiger partial charge in [-0.3, -0.25) is 4.79 Å². The molecule has 5 nitrogen and oxygen atoms in total. The van der Waals surface area contributed by atoms with Gasteiger partial charge < -0.3 is 9.73 Å². The SMILES string of the molecule is O=C(CCc1nnc(-c2ccccc2F)o1)Nc1ccccc1F. The standard InChI is InChI=1S/C17H13F2N3O2/c18-12-6-2-1-5-11(12)17-22-21-16(24-17)10-9-15(23)20-14-8-4-3-7-13(14)19/h1-8H,9-10H2,(H,20,23). The third-order valence-electron chi connectivity index (χ3n) is 3.28. The smallest absolute Gasteiger partial charge is 0.250 e. The first kappa shape index (κ1) is 15.8. The van der Waals surface area contributed by atoms with Crippen LogP contribution in [0.25, 0.3) is 11.5 Å². The molecule has 0 aliphatic heterocycles. The number of nitrogens with one attached hydrogen (secondary N) is 1. The van der Waals surface area contributed by atoms with E-state index in [2.05, 4.69) is 15.5 Å². The molecule has 3 aromatic rings. The van der Waals surface area contributed by atoms with Gasteiger partial charge in [0.1, 0.15) is 11.6 Å². The van der Waals surface area contributed by atoms with Crippen LogP contribution in [0.2, 0.25) is 0 Å². The normalized spacial score (nSPS) is 10.6. The molecule has 1 aromatic heterocycles. The molecule has 0 aliphatic rings. The lowest BCUT2D eigenvalue weighted by Gasteiger charge is -2.04. The van der Waals surface area contributed by atoms with Crippen molar-refractivity contribution < 1.29 is 18.0 Å². The number of benzene rings is 2. The minimum Gasteiger partial charge on any atom is -0.421 e. The summed E-state index contributed by atoms with van der Waals surface area (Å²) in [5, 5.41) is 10.0. The number of anilines is 1. The van der Waals surface area contributed by atoms with Crippen molar-refractivity contribution in [2.75, 3.05) is 5.32 Å². The second kappa shape index (κ2) is 6.99. The van der Waals surface area contributed by atoms with Crippen LogP contribution >= 0.6 is 0 Å². The number of aromatic nitrogens is 2. The number of halogens is 2. The van der Waals surface area contributed by atoms with E-state index in [0.29, 0.717) is 0 Å². The molecule has 24 heavy (non-hydrogen) atoms. The Balaban J connectivity index is 1.61. The zero-order chi connectivity index (χ0) is 16.9. The van der Waals surface area contributed by atoms with Crippen molar-refractivity contribution in [1.82, 2.24) is 10.2 Å². The molecule has 1 heterocycles. The fourth-order valence-corrected chi connectivity index (χ4v) is 2.09. The summed E-state index contributed by atoms with van der Waals surface area (Å²) < 4.78 is 32.5. The lowest BCUT2D eigenvalue weighted by Crippen LogP contribution is -2.13. The first-order valence-corrected chi connectivity index (χ1v) is 7.25. The van der Waals surface area contributed by atoms with E-state index in [4.69, 9.17) is 4.42 Å². The summed E-state index contributed by atoms with van der Waals surface area (Å²) in [6, 6.07) is 11.9. The predicted molar refractivity (Wildman–Crippen MR) is 83.0 cm³/mol. The molecule has 0 atom stereocenters. The quantitative estimate of drug-likeness (QED) is 0.777. The maximum atomic E-state index is 13.7. The molecule has 0 unspecified atom stereocenters. The van der Waals surface area contributed by atoms with Crippen LogP contribution < -0.4 is 5.32 Å². The average Bonchev–Trinajstić information content (AvgIpc) is 3.04. The van der Waals surface area contributed by atoms with Crippen LogP contribution in [0.3, 0.4) is 0 Å². The van der Waals surface area contributed by atoms with E-state index in [1.165, 1.54) is 30.3 Å². The minimum absolute atomic E-state index is 0.0350. The summed E-state index contributed by atoms with van der Waals surface area (Å²) in [6.07, 6.45) is 0.203. The third-order valence-corrected chi connectivity index (χ3v) is 3.28. The van der Waals surface area contributed by atoms with Gasteiger partial charge in [0.2, 0.25) is 11.8 Å². The number of aryl methyl sites for hydroxylation is 1. The van der Waals surface area contributed by atoms with Crippen LogP contribution in [0.15, 0.2) is 52.9 Å². The van der Waals surface area contributed by atoms with Crippen LogP contribution in [0.4, 0.5) is 14.5 Å². The van der Waals surface area contributed by atoms with Gasteiger partial charge in [-0.2, -0.15) is 0 Å². The van der Waals surface area contributed by atoms with E-state index in [9.17, 15) is 13.6 Å². The summed E-state index contributed by atoms with van der Waals surface area (Å²) >= 11 is 0. The van der Waals surface area contributed by atoms with E-state index in [-0.39, 0.29) is 41.8 Å². The number of carbonyl (C=O) groups is 1. The molecule has 0 spiro atoms. The Morgan fingerprint density at radius 2 is 1.71 bits per heavy atom. The van der Waals surface area contributed by atoms with E-state index in [0.717, 1.165) is 0 Å². The number of carbonyl (C=O) groups excluding carboxylic acids is 1. The van der Waals surface area contributed by atoms with E-state index >= 15 is 0 Å². The van der Waals surface area contributed by atoms with Crippen molar-refractivity contribution >= 4 is 11.6 Å². The zero-order valence-electron chi connectivity index (χ0n) is 12.5. The Morgan fingerprint density at radius 3 is 2.46 bits per heavy atom. The summed E-state index contributed by atoms with van der Waals surface area (Å²) in [5.74, 6) is -1.10. The average molecular weight is 329 g/mol. The summed E-state index contributed by atoms with van der Waals surface area (Å²) in [7, 11) is 0. The van der Waals surface area contributed by atoms with Gasteiger partial charge in [0.25, 0.3) is 5.89 Å². The number of amides is 1. The van der Waals surface area contributed by atoms with Gasteiger partial charge in [-0.25, -0.2) is 8.78 Å².